The first-order valence-corrected chi connectivity index (χ1v) is 15.9. The molecule has 5 rings (SSSR count). The maximum atomic E-state index is 13.9. The van der Waals surface area contributed by atoms with Crippen LogP contribution >= 0.6 is 11.3 Å². The number of nitrogens with zero attached hydrogens (tertiary/aromatic N) is 4. The molecule has 210 valence electrons. The van der Waals surface area contributed by atoms with Gasteiger partial charge in [-0.05, 0) is 74.5 Å². The molecule has 0 fully saturated rings. The lowest BCUT2D eigenvalue weighted by Crippen LogP contribution is -2.39. The number of carbonyl (C=O) groups excluding carboxylic acids is 1. The van der Waals surface area contributed by atoms with Gasteiger partial charge in [-0.25, -0.2) is 13.4 Å². The first kappa shape index (κ1) is 28.1. The van der Waals surface area contributed by atoms with E-state index < -0.39 is 10.0 Å². The van der Waals surface area contributed by atoms with Crippen LogP contribution in [0.2, 0.25) is 0 Å². The number of likely N-dealkylation sites (N-methyl/N-ethyl adjacent to an activating group) is 1. The Balaban J connectivity index is 1.44. The number of aromatic nitrogens is 1. The maximum absolute atomic E-state index is 13.9. The summed E-state index contributed by atoms with van der Waals surface area (Å²) in [5.41, 5.74) is 2.87. The summed E-state index contributed by atoms with van der Waals surface area (Å²) in [5, 5.41) is 0.588. The van der Waals surface area contributed by atoms with Gasteiger partial charge in [-0.1, -0.05) is 49.4 Å². The first-order valence-electron chi connectivity index (χ1n) is 13.6. The first-order chi connectivity index (χ1) is 19.4. The van der Waals surface area contributed by atoms with Gasteiger partial charge in [0.05, 0.1) is 21.9 Å². The largest absolute Gasteiger partial charge is 0.492 e. The number of ether oxygens (including phenoxy) is 1. The molecule has 10 heteroatoms. The van der Waals surface area contributed by atoms with Gasteiger partial charge in [-0.3, -0.25) is 14.0 Å². The third-order valence-corrected chi connectivity index (χ3v) is 10.1. The van der Waals surface area contributed by atoms with E-state index in [1.54, 1.807) is 17.0 Å². The summed E-state index contributed by atoms with van der Waals surface area (Å²) in [5.74, 6) is 0.469. The van der Waals surface area contributed by atoms with Crippen molar-refractivity contribution < 1.29 is 17.9 Å². The summed E-state index contributed by atoms with van der Waals surface area (Å²) in [6.45, 7) is 9.94. The van der Waals surface area contributed by atoms with Crippen molar-refractivity contribution in [2.24, 2.45) is 0 Å². The fraction of sp³-hybridized carbons (Fsp3) is 0.333. The molecule has 2 heterocycles. The number of hydrogen-bond donors (Lipinski definition) is 0. The van der Waals surface area contributed by atoms with Crippen LogP contribution in [-0.2, 0) is 16.4 Å². The third kappa shape index (κ3) is 5.43. The zero-order chi connectivity index (χ0) is 28.3. The number of thiazole rings is 1. The van der Waals surface area contributed by atoms with Gasteiger partial charge in [0.1, 0.15) is 11.3 Å². The molecule has 0 saturated heterocycles. The van der Waals surface area contributed by atoms with Crippen LogP contribution in [0.4, 0.5) is 10.8 Å². The van der Waals surface area contributed by atoms with E-state index in [0.29, 0.717) is 54.8 Å². The molecule has 8 nitrogen and oxygen atoms in total. The minimum Gasteiger partial charge on any atom is -0.492 e. The van der Waals surface area contributed by atoms with E-state index in [-0.39, 0.29) is 10.8 Å². The van der Waals surface area contributed by atoms with Crippen molar-refractivity contribution in [2.75, 3.05) is 48.5 Å². The molecule has 1 aliphatic rings. The van der Waals surface area contributed by atoms with Crippen LogP contribution in [0.25, 0.3) is 10.2 Å². The summed E-state index contributed by atoms with van der Waals surface area (Å²) >= 11 is 1.45. The normalized spacial score (nSPS) is 13.2. The molecule has 0 radical (unpaired) electrons. The lowest BCUT2D eigenvalue weighted by atomic mass is 10.2. The third-order valence-electron chi connectivity index (χ3n) is 7.21. The molecule has 40 heavy (non-hydrogen) atoms. The average Bonchev–Trinajstić information content (AvgIpc) is 3.61. The van der Waals surface area contributed by atoms with Crippen LogP contribution in [0.1, 0.15) is 36.7 Å². The van der Waals surface area contributed by atoms with Crippen molar-refractivity contribution >= 4 is 48.3 Å². The van der Waals surface area contributed by atoms with Gasteiger partial charge < -0.3 is 9.64 Å². The Hall–Kier alpha value is -3.47. The van der Waals surface area contributed by atoms with Crippen LogP contribution in [0.15, 0.2) is 71.6 Å². The molecule has 1 aromatic heterocycles. The number of fused-ring (bicyclic) bond motifs is 2. The van der Waals surface area contributed by atoms with Crippen molar-refractivity contribution in [3.05, 3.63) is 77.9 Å². The highest BCUT2D eigenvalue weighted by Gasteiger charge is 2.31. The molecule has 4 aromatic rings. The molecule has 0 unspecified atom stereocenters. The summed E-state index contributed by atoms with van der Waals surface area (Å²) in [6, 6.07) is 19.6. The van der Waals surface area contributed by atoms with Crippen molar-refractivity contribution in [1.82, 2.24) is 9.88 Å². The summed E-state index contributed by atoms with van der Waals surface area (Å²) in [4.78, 5) is 22.8. The zero-order valence-corrected chi connectivity index (χ0v) is 24.7. The minimum atomic E-state index is -3.75. The second-order valence-corrected chi connectivity index (χ2v) is 12.4. The van der Waals surface area contributed by atoms with Crippen molar-refractivity contribution in [3.63, 3.8) is 0 Å². The maximum Gasteiger partial charge on any atom is 0.264 e. The number of hydrogen-bond acceptors (Lipinski definition) is 7. The Kier molecular flexibility index (Phi) is 8.39. The topological polar surface area (TPSA) is 83.0 Å². The monoisotopic (exact) mass is 578 g/mol. The SMILES string of the molecule is CCOc1cccc2sc(N(CCN(CC)CC)C(=O)c3ccc(S(=O)(=O)N4CCc5ccccc54)cc3)nc12. The fourth-order valence-corrected chi connectivity index (χ4v) is 7.49. The molecule has 0 saturated carbocycles. The average molecular weight is 579 g/mol. The Labute approximate surface area is 239 Å². The molecule has 0 N–H and O–H groups in total. The number of carbonyl (C=O) groups is 1. The number of sulfonamides is 1. The number of rotatable bonds is 11. The fourth-order valence-electron chi connectivity index (χ4n) is 4.97. The van der Waals surface area contributed by atoms with E-state index in [0.717, 1.165) is 28.9 Å². The molecule has 0 aliphatic carbocycles. The number of amides is 1. The van der Waals surface area contributed by atoms with Crippen LogP contribution in [0.3, 0.4) is 0 Å². The molecule has 1 aliphatic heterocycles. The molecule has 0 bridgehead atoms. The predicted octanol–water partition coefficient (Wildman–Crippen LogP) is 5.44. The van der Waals surface area contributed by atoms with Gasteiger partial charge in [-0.2, -0.15) is 0 Å². The van der Waals surface area contributed by atoms with Crippen molar-refractivity contribution in [3.8, 4) is 5.75 Å². The Morgan fingerprint density at radius 3 is 2.45 bits per heavy atom. The zero-order valence-electron chi connectivity index (χ0n) is 23.0. The summed E-state index contributed by atoms with van der Waals surface area (Å²) in [6.07, 6.45) is 0.681. The second kappa shape index (κ2) is 12.0. The molecule has 3 aromatic carbocycles. The van der Waals surface area contributed by atoms with Gasteiger partial charge in [0.2, 0.25) is 0 Å². The standard InChI is InChI=1S/C30H34N4O4S2/c1-4-32(5-2)20-21-33(30-31-28-26(38-6-3)12-9-13-27(28)39-30)29(35)23-14-16-24(17-15-23)40(36,37)34-19-18-22-10-7-8-11-25(22)34/h7-17H,4-6,18-21H2,1-3H3. The van der Waals surface area contributed by atoms with Crippen molar-refractivity contribution in [2.45, 2.75) is 32.1 Å². The van der Waals surface area contributed by atoms with Gasteiger partial charge in [0, 0.05) is 25.2 Å². The summed E-state index contributed by atoms with van der Waals surface area (Å²) in [7, 11) is -3.75. The minimum absolute atomic E-state index is 0.164. The molecule has 0 atom stereocenters. The summed E-state index contributed by atoms with van der Waals surface area (Å²) < 4.78 is 35.1. The van der Waals surface area contributed by atoms with Crippen molar-refractivity contribution in [1.29, 1.82) is 0 Å². The van der Waals surface area contributed by atoms with Crippen LogP contribution in [0, 0.1) is 0 Å². The smallest absolute Gasteiger partial charge is 0.264 e. The van der Waals surface area contributed by atoms with Gasteiger partial charge in [0.15, 0.2) is 5.13 Å². The van der Waals surface area contributed by atoms with E-state index in [1.165, 1.54) is 27.8 Å². The Bertz CT molecular complexity index is 1600. The van der Waals surface area contributed by atoms with Crippen LogP contribution < -0.4 is 13.9 Å². The van der Waals surface area contributed by atoms with Gasteiger partial charge in [-0.15, -0.1) is 0 Å². The Morgan fingerprint density at radius 1 is 0.975 bits per heavy atom. The van der Waals surface area contributed by atoms with E-state index in [2.05, 4.69) is 18.7 Å². The van der Waals surface area contributed by atoms with Crippen LogP contribution in [-0.4, -0.2) is 63.5 Å². The second-order valence-electron chi connectivity index (χ2n) is 9.50. The quantitative estimate of drug-likeness (QED) is 0.236. The van der Waals surface area contributed by atoms with E-state index in [9.17, 15) is 13.2 Å². The number of benzene rings is 3. The molecular weight excluding hydrogens is 544 g/mol. The lowest BCUT2D eigenvalue weighted by Gasteiger charge is -2.25. The highest BCUT2D eigenvalue weighted by molar-refractivity contribution is 7.92. The number of para-hydroxylation sites is 2. The highest BCUT2D eigenvalue weighted by Crippen LogP contribution is 2.35. The van der Waals surface area contributed by atoms with E-state index >= 15 is 0 Å². The highest BCUT2D eigenvalue weighted by atomic mass is 32.2. The molecular formula is C30H34N4O4S2. The van der Waals surface area contributed by atoms with Crippen LogP contribution in [0.5, 0.6) is 5.75 Å². The van der Waals surface area contributed by atoms with E-state index in [1.807, 2.05) is 49.4 Å². The van der Waals surface area contributed by atoms with Gasteiger partial charge >= 0.3 is 0 Å². The van der Waals surface area contributed by atoms with E-state index in [4.69, 9.17) is 9.72 Å². The van der Waals surface area contributed by atoms with Gasteiger partial charge in [0.25, 0.3) is 15.9 Å². The predicted molar refractivity (Wildman–Crippen MR) is 161 cm³/mol. The lowest BCUT2D eigenvalue weighted by molar-refractivity contribution is 0.0983. The molecule has 0 spiro atoms. The Morgan fingerprint density at radius 2 is 1.73 bits per heavy atom. The molecule has 1 amide bonds. The number of anilines is 2.